The maximum absolute atomic E-state index is 12.6. The molecule has 0 aromatic carbocycles. The number of ether oxygens (including phenoxy) is 3. The zero-order chi connectivity index (χ0) is 42.5. The van der Waals surface area contributed by atoms with Crippen molar-refractivity contribution in [1.82, 2.24) is 35.6 Å². The Balaban J connectivity index is 0.873. The first kappa shape index (κ1) is 48.5. The topological polar surface area (TPSA) is 193 Å². The summed E-state index contributed by atoms with van der Waals surface area (Å²) >= 11 is 0. The summed E-state index contributed by atoms with van der Waals surface area (Å²) < 4.78 is 60.0. The van der Waals surface area contributed by atoms with Gasteiger partial charge < -0.3 is 61.1 Å². The van der Waals surface area contributed by atoms with Gasteiger partial charge in [0.25, 0.3) is 0 Å². The van der Waals surface area contributed by atoms with Crippen LogP contribution in [0.15, 0.2) is 0 Å². The molecule has 9 fully saturated rings. The minimum Gasteiger partial charge on any atom is -0.448 e. The molecule has 0 radical (unpaired) electrons. The molecule has 0 saturated carbocycles. The summed E-state index contributed by atoms with van der Waals surface area (Å²) in [7, 11) is -7.28. The molecule has 61 heavy (non-hydrogen) atoms. The number of rotatable bonds is 21. The average Bonchev–Trinajstić information content (AvgIpc) is 3.17. The Bertz CT molecular complexity index is 1100. The lowest BCUT2D eigenvalue weighted by Gasteiger charge is -2.39. The SMILES string of the molecule is O=C(NCCC[Si]12CCCN(CCO1)CCO2)OCCN(CCOC(=O)NCCC[Si]12CCCN(CCO1)CCO2)CCOC(=O)NCCC[Si]12OCCN(CCO1)CCO2. The molecule has 0 atom stereocenters. The summed E-state index contributed by atoms with van der Waals surface area (Å²) in [6, 6.07) is 4.26. The lowest BCUT2D eigenvalue weighted by molar-refractivity contribution is -0.00853. The van der Waals surface area contributed by atoms with Crippen molar-refractivity contribution in [3.8, 4) is 0 Å². The second-order valence-electron chi connectivity index (χ2n) is 16.5. The molecule has 350 valence electrons. The fourth-order valence-corrected chi connectivity index (χ4v) is 17.7. The van der Waals surface area contributed by atoms with Gasteiger partial charge in [-0.1, -0.05) is 0 Å². The zero-order valence-corrected chi connectivity index (χ0v) is 39.3. The van der Waals surface area contributed by atoms with Gasteiger partial charge in [0.05, 0.1) is 19.8 Å². The maximum Gasteiger partial charge on any atom is 0.501 e. The Morgan fingerprint density at radius 2 is 0.787 bits per heavy atom. The van der Waals surface area contributed by atoms with Crippen LogP contribution in [0, 0.1) is 0 Å². The van der Waals surface area contributed by atoms with Crippen LogP contribution in [0.25, 0.3) is 0 Å². The third-order valence-corrected chi connectivity index (χ3v) is 22.5. The molecule has 0 aromatic rings. The van der Waals surface area contributed by atoms with E-state index in [1.165, 1.54) is 0 Å². The van der Waals surface area contributed by atoms with Crippen molar-refractivity contribution in [2.24, 2.45) is 0 Å². The highest BCUT2D eigenvalue weighted by Crippen LogP contribution is 2.28. The van der Waals surface area contributed by atoms with Gasteiger partial charge in [-0.3, -0.25) is 19.6 Å². The van der Waals surface area contributed by atoms with Gasteiger partial charge in [-0.15, -0.1) is 0 Å². The first-order valence-electron chi connectivity index (χ1n) is 22.9. The molecule has 20 nitrogen and oxygen atoms in total. The highest BCUT2D eigenvalue weighted by molar-refractivity contribution is 6.68. The molecular weight excluding hydrogens is 847 g/mol. The number of hydrogen-bond donors (Lipinski definition) is 3. The van der Waals surface area contributed by atoms with E-state index < -0.39 is 44.2 Å². The van der Waals surface area contributed by atoms with E-state index >= 15 is 0 Å². The van der Waals surface area contributed by atoms with Crippen molar-refractivity contribution in [3.05, 3.63) is 0 Å². The molecule has 0 aromatic heterocycles. The molecule has 9 aliphatic heterocycles. The third kappa shape index (κ3) is 17.2. The Morgan fingerprint density at radius 3 is 1.16 bits per heavy atom. The molecule has 9 aliphatic rings. The summed E-state index contributed by atoms with van der Waals surface area (Å²) in [4.78, 5) is 46.9. The quantitative estimate of drug-likeness (QED) is 0.0849. The van der Waals surface area contributed by atoms with Crippen molar-refractivity contribution >= 4 is 44.2 Å². The first-order chi connectivity index (χ1) is 29.8. The number of carbonyl (C=O) groups is 3. The van der Waals surface area contributed by atoms with Gasteiger partial charge in [-0.25, -0.2) is 14.4 Å². The third-order valence-electron chi connectivity index (χ3n) is 12.2. The van der Waals surface area contributed by atoms with Gasteiger partial charge in [0, 0.05) is 118 Å². The van der Waals surface area contributed by atoms with Crippen molar-refractivity contribution in [2.45, 2.75) is 62.3 Å². The average molecular weight is 920 g/mol. The fraction of sp³-hybridized carbons (Fsp3) is 0.921. The van der Waals surface area contributed by atoms with E-state index in [1.807, 2.05) is 4.90 Å². The Hall–Kier alpha value is -1.98. The van der Waals surface area contributed by atoms with Crippen molar-refractivity contribution in [2.75, 3.05) is 164 Å². The van der Waals surface area contributed by atoms with E-state index in [1.54, 1.807) is 0 Å². The number of nitrogens with one attached hydrogen (secondary N) is 3. The van der Waals surface area contributed by atoms with Crippen molar-refractivity contribution in [3.63, 3.8) is 0 Å². The molecule has 3 amide bonds. The summed E-state index contributed by atoms with van der Waals surface area (Å²) in [5.41, 5.74) is 0. The van der Waals surface area contributed by atoms with Crippen LogP contribution in [0.3, 0.4) is 0 Å². The number of fused-ring (bicyclic) bond motifs is 18. The number of nitrogens with zero attached hydrogens (tertiary/aromatic N) is 4. The summed E-state index contributed by atoms with van der Waals surface area (Å²) in [6.07, 6.45) is 2.80. The molecule has 9 heterocycles. The first-order valence-corrected chi connectivity index (χ1v) is 29.3. The van der Waals surface area contributed by atoms with Crippen LogP contribution in [0.4, 0.5) is 14.4 Å². The van der Waals surface area contributed by atoms with Crippen LogP contribution in [-0.4, -0.2) is 228 Å². The lowest BCUT2D eigenvalue weighted by Crippen LogP contribution is -2.55. The van der Waals surface area contributed by atoms with E-state index in [9.17, 15) is 14.4 Å². The standard InChI is InChI=1S/C38H73N7O13Si3/c46-36(39-6-1-31-59-33-4-9-42(14-24-52-59)15-25-53-59)49-21-11-44(12-22-50-37(47)40-7-2-32-60-34-5-10-43(16-26-54-60)17-27-55-60)13-23-51-38(48)41-8-3-35-61-56-28-18-45(19-29-57-61)20-30-58-61/h1-35H2,(H,39,46)(H,40,47)(H,41,48). The van der Waals surface area contributed by atoms with Crippen molar-refractivity contribution < 1.29 is 59.6 Å². The van der Waals surface area contributed by atoms with E-state index in [0.717, 1.165) is 109 Å². The monoisotopic (exact) mass is 919 g/mol. The van der Waals surface area contributed by atoms with Gasteiger partial charge >= 0.3 is 44.2 Å². The Labute approximate surface area is 365 Å². The molecule has 9 saturated heterocycles. The van der Waals surface area contributed by atoms with Gasteiger partial charge in [0.15, 0.2) is 0 Å². The molecule has 3 N–H and O–H groups in total. The number of alkyl carbamates (subject to hydrolysis) is 3. The van der Waals surface area contributed by atoms with Gasteiger partial charge in [0.2, 0.25) is 0 Å². The second kappa shape index (κ2) is 26.1. The van der Waals surface area contributed by atoms with Gasteiger partial charge in [-0.2, -0.15) is 0 Å². The molecule has 6 bridgehead atoms. The minimum atomic E-state index is -2.76. The molecular formula is C38H73N7O13Si3. The molecule has 0 aliphatic carbocycles. The zero-order valence-electron chi connectivity index (χ0n) is 36.3. The highest BCUT2D eigenvalue weighted by atomic mass is 28.4. The number of hydrogen-bond acceptors (Lipinski definition) is 17. The second-order valence-corrected chi connectivity index (χ2v) is 26.0. The summed E-state index contributed by atoms with van der Waals surface area (Å²) in [5, 5.41) is 8.54. The number of amides is 3. The Kier molecular flexibility index (Phi) is 20.7. The smallest absolute Gasteiger partial charge is 0.448 e. The van der Waals surface area contributed by atoms with Crippen LogP contribution < -0.4 is 16.0 Å². The largest absolute Gasteiger partial charge is 0.501 e. The highest BCUT2D eigenvalue weighted by Gasteiger charge is 2.44. The van der Waals surface area contributed by atoms with E-state index in [0.29, 0.717) is 98.0 Å². The molecule has 23 heteroatoms. The fourth-order valence-electron chi connectivity index (χ4n) is 8.72. The van der Waals surface area contributed by atoms with E-state index in [-0.39, 0.29) is 19.8 Å². The molecule has 9 rings (SSSR count). The molecule has 0 spiro atoms. The normalized spacial score (nSPS) is 30.5. The number of carbonyl (C=O) groups excluding carboxylic acids is 3. The minimum absolute atomic E-state index is 0.0936. The van der Waals surface area contributed by atoms with Crippen LogP contribution in [0.1, 0.15) is 32.1 Å². The van der Waals surface area contributed by atoms with Crippen LogP contribution in [-0.2, 0) is 45.2 Å². The van der Waals surface area contributed by atoms with Crippen LogP contribution in [0.5, 0.6) is 0 Å². The molecule has 0 unspecified atom stereocenters. The van der Waals surface area contributed by atoms with E-state index in [4.69, 9.17) is 45.2 Å². The maximum atomic E-state index is 12.6. The predicted octanol–water partition coefficient (Wildman–Crippen LogP) is 1.34. The summed E-state index contributed by atoms with van der Waals surface area (Å²) in [6.45, 7) is 15.9. The van der Waals surface area contributed by atoms with Gasteiger partial charge in [0.1, 0.15) is 19.8 Å². The van der Waals surface area contributed by atoms with Gasteiger partial charge in [-0.05, 0) is 69.4 Å². The predicted molar refractivity (Wildman–Crippen MR) is 230 cm³/mol. The Morgan fingerprint density at radius 1 is 0.459 bits per heavy atom. The van der Waals surface area contributed by atoms with Crippen LogP contribution in [0.2, 0.25) is 30.2 Å². The van der Waals surface area contributed by atoms with Crippen LogP contribution >= 0.6 is 0 Å². The summed E-state index contributed by atoms with van der Waals surface area (Å²) in [5.74, 6) is 0. The lowest BCUT2D eigenvalue weighted by atomic mass is 10.4. The van der Waals surface area contributed by atoms with E-state index in [2.05, 4.69) is 30.7 Å². The van der Waals surface area contributed by atoms with Crippen molar-refractivity contribution in [1.29, 1.82) is 0 Å².